The zero-order chi connectivity index (χ0) is 86.8. The number of nitrogens with one attached hydrogen (secondary N) is 1. The fourth-order valence-electron chi connectivity index (χ4n) is 18.7. The zero-order valence-corrected chi connectivity index (χ0v) is 73.2. The monoisotopic (exact) mass is 1730 g/mol. The number of amides is 5. The number of rotatable bonds is 13. The van der Waals surface area contributed by atoms with E-state index in [1.807, 2.05) is 132 Å². The van der Waals surface area contributed by atoms with Gasteiger partial charge < -0.3 is 73.8 Å². The molecule has 7 heterocycles. The second-order valence-electron chi connectivity index (χ2n) is 36.9. The Morgan fingerprint density at radius 3 is 1.19 bits per heavy atom. The Bertz CT molecular complexity index is 4070. The van der Waals surface area contributed by atoms with Crippen LogP contribution in [0.5, 0.6) is 0 Å². The predicted octanol–water partition coefficient (Wildman–Crippen LogP) is 13.8. The third kappa shape index (κ3) is 24.9. The predicted molar refractivity (Wildman–Crippen MR) is 449 cm³/mol. The van der Waals surface area contributed by atoms with Crippen molar-refractivity contribution in [1.29, 1.82) is 0 Å². The number of hydrogen-bond acceptors (Lipinski definition) is 19. The standard InChI is InChI=1S/C23H32N2O3.C18H25NO3.C15H16F3NO2.C10H17NO3.C10H15NO3.C8H9Br.C5H10N2.C2HBO2/c1-3-27-22(26)24-10-9-23(15-24)11-18(12-23)25-13-19-20(14-25)21(19)28-16(2)17-7-5-4-6-8-17;1-12(13-8-6-5-7-9-13)21-16-14-10-19(11-15(14)16)17(20)22-18(2,3)4;1-9(10-5-3-2-4-6-10)21-13-11-7-19(8-12(11)13)14(20)15(16,17)18;1-10(2,3)14-9(13)11-4-6-7(5-11)8(6)12;1-2-14-9(13)11-4-3-10(7-11)5-8(12)6-10;1-7(9)8-5-3-2-4-6-8;6-5-3-1-7-2-4(3)5;4-2-1-3-5/h4-8,16,18-21H,3,9-15H2,1-2H3;5-9,12,14-16H,10-11H2,1-4H3;2-6,9,11-13H,7-8H2,1H3;6-8,12H,4-5H2,1-3H3;2-7H2,1H3;2-7H,1H3;3-5,7H,1-2,6H2;4H/t16?,18?,19-,20+,21?,23?;12?,14-,15+,16?;9?,11-,12+,13?;6-,7+,8?;;;3-,4+,5?;. The zero-order valence-electron chi connectivity index (χ0n) is 71.6. The summed E-state index contributed by atoms with van der Waals surface area (Å²) >= 11 is 3.48. The van der Waals surface area contributed by atoms with Gasteiger partial charge in [-0.05, 0) is 161 Å². The van der Waals surface area contributed by atoms with E-state index in [2.05, 4.69) is 102 Å². The van der Waals surface area contributed by atoms with Crippen molar-refractivity contribution >= 4 is 59.1 Å². The molecule has 29 heteroatoms. The molecule has 7 saturated heterocycles. The third-order valence-electron chi connectivity index (χ3n) is 25.7. The first kappa shape index (κ1) is 93.0. The molecule has 656 valence electrons. The number of alkyl halides is 4. The van der Waals surface area contributed by atoms with Crippen LogP contribution in [0.2, 0.25) is 0 Å². The van der Waals surface area contributed by atoms with Gasteiger partial charge in [0, 0.05) is 161 Å². The van der Waals surface area contributed by atoms with E-state index in [0.29, 0.717) is 111 Å². The minimum absolute atomic E-state index is 0.0301. The first-order valence-electron chi connectivity index (χ1n) is 42.9. The SMILES string of the molecule is CC(Br)c1ccccc1.CC(C)(C)OC(=O)N1C[C@@H]2C(O)[C@@H]2C1.CC(OC1[C@H]2CN(C(=O)C(F)(F)F)C[C@@H]12)c1ccccc1.CC(OC1[C@H]2CN(C(=O)OC(C)(C)C)C[C@@H]12)c1ccccc1.CCOC(=O)N1CCC2(CC(=O)C2)C1.CCOC(=O)N1CCC2(CC(N3C[C@@H]4C(OC(C)c5ccccc5)[C@@H]4C3)C2)C1.NC1[C@H]2CNC[C@@H]12.O=BC#CO. The third-order valence-corrected chi connectivity index (χ3v) is 26.2. The van der Waals surface area contributed by atoms with Crippen LogP contribution in [0.4, 0.5) is 32.3 Å². The van der Waals surface area contributed by atoms with E-state index in [0.717, 1.165) is 79.7 Å². The van der Waals surface area contributed by atoms with Gasteiger partial charge in [0.05, 0.1) is 55.9 Å². The summed E-state index contributed by atoms with van der Waals surface area (Å²) in [5.41, 5.74) is 10.1. The molecule has 0 radical (unpaired) electrons. The van der Waals surface area contributed by atoms with Gasteiger partial charge in [-0.1, -0.05) is 137 Å². The number of likely N-dealkylation sites (tertiary alicyclic amines) is 6. The number of Topliss-reactive ketones (excluding diaryl/α,β-unsaturated/α-hetero) is 1. The molecular formula is C91H125BBrF3N8O16. The molecule has 14 aliphatic rings. The van der Waals surface area contributed by atoms with E-state index in [4.69, 9.17) is 48.7 Å². The molecule has 9 unspecified atom stereocenters. The van der Waals surface area contributed by atoms with Crippen LogP contribution in [0.15, 0.2) is 121 Å². The van der Waals surface area contributed by atoms with Crippen molar-refractivity contribution in [2.24, 2.45) is 75.7 Å². The first-order chi connectivity index (χ1) is 57.0. The normalized spacial score (nSPS) is 30.4. The van der Waals surface area contributed by atoms with Gasteiger partial charge in [-0.3, -0.25) is 14.5 Å². The van der Waals surface area contributed by atoms with Crippen LogP contribution in [-0.2, 0) is 47.5 Å². The number of hydrogen-bond donors (Lipinski definition) is 4. The van der Waals surface area contributed by atoms with Crippen LogP contribution >= 0.6 is 15.9 Å². The molecule has 7 saturated carbocycles. The quantitative estimate of drug-likeness (QED) is 0.0419. The number of benzene rings is 4. The van der Waals surface area contributed by atoms with Gasteiger partial charge in [0.15, 0.2) is 0 Å². The molecule has 5 N–H and O–H groups in total. The van der Waals surface area contributed by atoms with Crippen LogP contribution in [0.25, 0.3) is 0 Å². The summed E-state index contributed by atoms with van der Waals surface area (Å²) in [6, 6.07) is 42.1. The Morgan fingerprint density at radius 2 is 0.883 bits per heavy atom. The number of aliphatic hydroxyl groups excluding tert-OH is 2. The van der Waals surface area contributed by atoms with E-state index < -0.39 is 23.3 Å². The number of nitrogens with zero attached hydrogens (tertiary/aromatic N) is 6. The first-order valence-corrected chi connectivity index (χ1v) is 43.8. The topological polar surface area (TPSA) is 282 Å². The van der Waals surface area contributed by atoms with Crippen molar-refractivity contribution in [2.45, 2.75) is 199 Å². The number of piperidine rings is 5. The molecule has 7 aliphatic heterocycles. The maximum atomic E-state index is 12.3. The minimum atomic E-state index is -4.77. The number of aliphatic hydroxyl groups is 2. The van der Waals surface area contributed by atoms with Gasteiger partial charge in [0.25, 0.3) is 0 Å². The van der Waals surface area contributed by atoms with Gasteiger partial charge in [0.1, 0.15) is 17.0 Å². The number of ether oxygens (including phenoxy) is 7. The Kier molecular flexibility index (Phi) is 31.2. The van der Waals surface area contributed by atoms with Crippen LogP contribution < -0.4 is 11.1 Å². The molecule has 2 spiro atoms. The summed E-state index contributed by atoms with van der Waals surface area (Å²) in [7, 11) is 0.319. The fraction of sp³-hybridized carbons (Fsp3) is 0.648. The molecule has 18 rings (SSSR count). The number of ketones is 1. The van der Waals surface area contributed by atoms with Crippen LogP contribution in [0.3, 0.4) is 0 Å². The van der Waals surface area contributed by atoms with E-state index in [-0.39, 0.29) is 91.3 Å². The molecule has 0 bridgehead atoms. The average Bonchev–Trinajstić information content (AvgIpc) is 1.44. The van der Waals surface area contributed by atoms with E-state index in [9.17, 15) is 47.0 Å². The Hall–Kier alpha value is -7.69. The van der Waals surface area contributed by atoms with Gasteiger partial charge >= 0.3 is 65.3 Å². The van der Waals surface area contributed by atoms with Crippen molar-refractivity contribution in [3.05, 3.63) is 144 Å². The molecule has 4 aromatic carbocycles. The molecule has 0 aromatic heterocycles. The van der Waals surface area contributed by atoms with Crippen LogP contribution in [0.1, 0.15) is 167 Å². The summed E-state index contributed by atoms with van der Waals surface area (Å²) in [6.07, 6.45) is 2.44. The number of nitrogens with two attached hydrogens (primary N) is 1. The van der Waals surface area contributed by atoms with Gasteiger partial charge in [-0.25, -0.2) is 19.2 Å². The number of halogens is 4. The maximum absolute atomic E-state index is 12.3. The summed E-state index contributed by atoms with van der Waals surface area (Å²) in [5, 5.41) is 20.0. The Labute approximate surface area is 714 Å². The van der Waals surface area contributed by atoms with Crippen molar-refractivity contribution in [1.82, 2.24) is 34.7 Å². The van der Waals surface area contributed by atoms with Crippen molar-refractivity contribution in [3.63, 3.8) is 0 Å². The van der Waals surface area contributed by atoms with Crippen LogP contribution in [0, 0.1) is 81.9 Å². The Morgan fingerprint density at radius 1 is 0.533 bits per heavy atom. The molecule has 19 atom stereocenters. The molecule has 5 amide bonds. The summed E-state index contributed by atoms with van der Waals surface area (Å²) < 4.78 is 85.3. The molecule has 24 nitrogen and oxygen atoms in total. The summed E-state index contributed by atoms with van der Waals surface area (Å²) in [5.74, 6) is 5.12. The molecule has 4 aromatic rings. The van der Waals surface area contributed by atoms with E-state index >= 15 is 0 Å². The molecule has 120 heavy (non-hydrogen) atoms. The van der Waals surface area contributed by atoms with Crippen molar-refractivity contribution in [2.75, 3.05) is 105 Å². The van der Waals surface area contributed by atoms with Crippen molar-refractivity contribution < 1.29 is 90.0 Å². The molecule has 7 aliphatic carbocycles. The Balaban J connectivity index is 0.000000140. The van der Waals surface area contributed by atoms with Crippen molar-refractivity contribution in [3.8, 4) is 11.9 Å². The van der Waals surface area contributed by atoms with Gasteiger partial charge in [-0.15, -0.1) is 0 Å². The molecular weight excluding hydrogens is 1610 g/mol. The second-order valence-corrected chi connectivity index (χ2v) is 38.2. The average molecular weight is 1730 g/mol. The molecule has 14 fully saturated rings. The summed E-state index contributed by atoms with van der Waals surface area (Å²) in [6.45, 7) is 35.2. The second kappa shape index (κ2) is 40.3. The summed E-state index contributed by atoms with van der Waals surface area (Å²) in [4.78, 5) is 80.2. The fourth-order valence-corrected chi connectivity index (χ4v) is 19.0. The van der Waals surface area contributed by atoms with E-state index in [1.165, 1.54) is 61.8 Å². The van der Waals surface area contributed by atoms with Gasteiger partial charge in [0.2, 0.25) is 0 Å². The number of carbonyl (C=O) groups excluding carboxylic acids is 6. The number of carbonyl (C=O) groups is 6. The van der Waals surface area contributed by atoms with E-state index in [1.54, 1.807) is 22.5 Å². The number of fused-ring (bicyclic) bond motifs is 5. The van der Waals surface area contributed by atoms with Gasteiger partial charge in [-0.2, -0.15) is 13.2 Å². The van der Waals surface area contributed by atoms with Crippen LogP contribution in [-0.4, -0.2) is 242 Å².